The molecule has 0 heterocycles. The van der Waals surface area contributed by atoms with Crippen LogP contribution in [0.15, 0.2) is 46.6 Å². The van der Waals surface area contributed by atoms with Crippen LogP contribution in [0.3, 0.4) is 0 Å². The fourth-order valence-electron chi connectivity index (χ4n) is 2.47. The number of nitro benzene ring substituents is 1. The van der Waals surface area contributed by atoms with E-state index in [2.05, 4.69) is 10.2 Å². The van der Waals surface area contributed by atoms with Crippen molar-refractivity contribution in [1.29, 1.82) is 5.26 Å². The lowest BCUT2D eigenvalue weighted by molar-refractivity contribution is -0.384. The van der Waals surface area contributed by atoms with Gasteiger partial charge in [0.15, 0.2) is 6.61 Å². The molecule has 9 nitrogen and oxygen atoms in total. The Morgan fingerprint density at radius 2 is 1.87 bits per heavy atom. The van der Waals surface area contributed by atoms with Gasteiger partial charge < -0.3 is 9.64 Å². The zero-order valence-electron chi connectivity index (χ0n) is 15.9. The zero-order valence-corrected chi connectivity index (χ0v) is 17.4. The first-order chi connectivity index (χ1) is 14.3. The summed E-state index contributed by atoms with van der Waals surface area (Å²) in [5.41, 5.74) is 1.30. The third-order valence-electron chi connectivity index (χ3n) is 3.96. The molecule has 0 fully saturated rings. The fourth-order valence-corrected chi connectivity index (χ4v) is 3.02. The molecule has 30 heavy (non-hydrogen) atoms. The summed E-state index contributed by atoms with van der Waals surface area (Å²) >= 11 is 12.0. The molecule has 0 atom stereocenters. The third kappa shape index (κ3) is 6.40. The van der Waals surface area contributed by atoms with E-state index in [-0.39, 0.29) is 34.4 Å². The maximum absolute atomic E-state index is 11.6. The standard InChI is InChI=1S/C19H17Cl2N5O4/c1-2-25(9-7-18(27)30-10-8-22)14-5-3-13(4-6-14)23-24-19-16(20)11-15(26(28)29)12-17(19)21/h3-6,11-12H,2,7,9-10H2,1H3/b24-23+. The second kappa shape index (κ2) is 11.1. The number of nitro groups is 1. The summed E-state index contributed by atoms with van der Waals surface area (Å²) in [6.45, 7) is 2.80. The van der Waals surface area contributed by atoms with Crippen molar-refractivity contribution in [2.24, 2.45) is 10.2 Å². The minimum atomic E-state index is -0.597. The lowest BCUT2D eigenvalue weighted by Crippen LogP contribution is -2.26. The van der Waals surface area contributed by atoms with E-state index >= 15 is 0 Å². The Hall–Kier alpha value is -3.22. The minimum Gasteiger partial charge on any atom is -0.450 e. The summed E-state index contributed by atoms with van der Waals surface area (Å²) in [5.74, 6) is -0.433. The van der Waals surface area contributed by atoms with E-state index in [1.165, 1.54) is 0 Å². The third-order valence-corrected chi connectivity index (χ3v) is 4.53. The predicted molar refractivity (Wildman–Crippen MR) is 113 cm³/mol. The van der Waals surface area contributed by atoms with Crippen molar-refractivity contribution in [2.75, 3.05) is 24.6 Å². The first-order valence-electron chi connectivity index (χ1n) is 8.78. The molecule has 0 amide bonds. The van der Waals surface area contributed by atoms with E-state index < -0.39 is 10.9 Å². The van der Waals surface area contributed by atoms with Crippen LogP contribution in [-0.4, -0.2) is 30.6 Å². The first-order valence-corrected chi connectivity index (χ1v) is 9.54. The Balaban J connectivity index is 2.07. The van der Waals surface area contributed by atoms with Gasteiger partial charge in [0.25, 0.3) is 5.69 Å². The lowest BCUT2D eigenvalue weighted by Gasteiger charge is -2.22. The van der Waals surface area contributed by atoms with Crippen molar-refractivity contribution >= 4 is 51.9 Å². The van der Waals surface area contributed by atoms with Crippen molar-refractivity contribution in [3.63, 3.8) is 0 Å². The number of carbonyl (C=O) groups is 1. The van der Waals surface area contributed by atoms with Gasteiger partial charge in [0.1, 0.15) is 11.8 Å². The fraction of sp³-hybridized carbons (Fsp3) is 0.263. The molecule has 0 aromatic heterocycles. The summed E-state index contributed by atoms with van der Waals surface area (Å²) in [4.78, 5) is 23.8. The molecule has 2 aromatic carbocycles. The van der Waals surface area contributed by atoms with Crippen LogP contribution < -0.4 is 4.90 Å². The molecule has 2 rings (SSSR count). The smallest absolute Gasteiger partial charge is 0.308 e. The number of azo groups is 1. The summed E-state index contributed by atoms with van der Waals surface area (Å²) in [6.07, 6.45) is 0.161. The molecule has 0 aliphatic rings. The Morgan fingerprint density at radius 1 is 1.23 bits per heavy atom. The second-order valence-corrected chi connectivity index (χ2v) is 6.69. The summed E-state index contributed by atoms with van der Waals surface area (Å²) < 4.78 is 4.74. The molecule has 156 valence electrons. The van der Waals surface area contributed by atoms with Gasteiger partial charge in [0.2, 0.25) is 0 Å². The van der Waals surface area contributed by atoms with Crippen LogP contribution in [0.1, 0.15) is 13.3 Å². The van der Waals surface area contributed by atoms with Crippen molar-refractivity contribution in [3.8, 4) is 6.07 Å². The summed E-state index contributed by atoms with van der Waals surface area (Å²) in [6, 6.07) is 11.2. The van der Waals surface area contributed by atoms with Gasteiger partial charge in [-0.25, -0.2) is 0 Å². The van der Waals surface area contributed by atoms with Gasteiger partial charge in [-0.1, -0.05) is 23.2 Å². The van der Waals surface area contributed by atoms with Gasteiger partial charge in [-0.2, -0.15) is 10.4 Å². The second-order valence-electron chi connectivity index (χ2n) is 5.88. The number of nitriles is 1. The van der Waals surface area contributed by atoms with Crippen molar-refractivity contribution in [2.45, 2.75) is 13.3 Å². The minimum absolute atomic E-state index is 0.0232. The van der Waals surface area contributed by atoms with Crippen LogP contribution in [-0.2, 0) is 9.53 Å². The molecule has 0 aliphatic heterocycles. The Bertz CT molecular complexity index is 966. The molecule has 0 unspecified atom stereocenters. The number of ether oxygens (including phenoxy) is 1. The molecule has 0 saturated carbocycles. The number of non-ortho nitro benzene ring substituents is 1. The normalized spacial score (nSPS) is 10.6. The molecule has 0 bridgehead atoms. The maximum Gasteiger partial charge on any atom is 0.308 e. The molecule has 0 N–H and O–H groups in total. The average molecular weight is 450 g/mol. The number of halogens is 2. The number of rotatable bonds is 9. The highest BCUT2D eigenvalue weighted by atomic mass is 35.5. The number of esters is 1. The molecule has 2 aromatic rings. The SMILES string of the molecule is CCN(CCC(=O)OCC#N)c1ccc(/N=N/c2c(Cl)cc([N+](=O)[O-])cc2Cl)cc1. The van der Waals surface area contributed by atoms with Crippen LogP contribution >= 0.6 is 23.2 Å². The molecule has 0 saturated heterocycles. The summed E-state index contributed by atoms with van der Waals surface area (Å²) in [5, 5.41) is 27.4. The van der Waals surface area contributed by atoms with Crippen molar-refractivity contribution in [1.82, 2.24) is 0 Å². The predicted octanol–water partition coefficient (Wildman–Crippen LogP) is 5.60. The van der Waals surface area contributed by atoms with E-state index in [0.717, 1.165) is 17.8 Å². The van der Waals surface area contributed by atoms with Gasteiger partial charge in [0.05, 0.1) is 27.1 Å². The Labute approximate surface area is 182 Å². The average Bonchev–Trinajstić information content (AvgIpc) is 2.72. The Kier molecular flexibility index (Phi) is 8.53. The highest BCUT2D eigenvalue weighted by molar-refractivity contribution is 6.39. The largest absolute Gasteiger partial charge is 0.450 e. The molecule has 11 heteroatoms. The maximum atomic E-state index is 11.6. The van der Waals surface area contributed by atoms with E-state index in [9.17, 15) is 14.9 Å². The van der Waals surface area contributed by atoms with Crippen LogP contribution in [0.2, 0.25) is 10.0 Å². The van der Waals surface area contributed by atoms with E-state index in [4.69, 9.17) is 33.2 Å². The number of benzene rings is 2. The zero-order chi connectivity index (χ0) is 22.1. The molecule has 0 radical (unpaired) electrons. The van der Waals surface area contributed by atoms with E-state index in [0.29, 0.717) is 18.8 Å². The summed E-state index contributed by atoms with van der Waals surface area (Å²) in [7, 11) is 0. The molecular formula is C19H17Cl2N5O4. The number of hydrogen-bond donors (Lipinski definition) is 0. The van der Waals surface area contributed by atoms with Gasteiger partial charge in [-0.15, -0.1) is 5.11 Å². The van der Waals surface area contributed by atoms with Crippen molar-refractivity contribution < 1.29 is 14.5 Å². The molecule has 0 aliphatic carbocycles. The first kappa shape index (κ1) is 23.1. The van der Waals surface area contributed by atoms with E-state index in [1.54, 1.807) is 18.2 Å². The number of nitrogens with zero attached hydrogens (tertiary/aromatic N) is 5. The van der Waals surface area contributed by atoms with Crippen molar-refractivity contribution in [3.05, 3.63) is 56.6 Å². The van der Waals surface area contributed by atoms with Crippen LogP contribution in [0, 0.1) is 21.4 Å². The van der Waals surface area contributed by atoms with E-state index in [1.807, 2.05) is 24.0 Å². The number of carbonyl (C=O) groups excluding carboxylic acids is 1. The Morgan fingerprint density at radius 3 is 2.40 bits per heavy atom. The van der Waals surface area contributed by atoms with Gasteiger partial charge in [-0.05, 0) is 31.2 Å². The van der Waals surface area contributed by atoms with Gasteiger partial charge in [-0.3, -0.25) is 14.9 Å². The topological polar surface area (TPSA) is 121 Å². The van der Waals surface area contributed by atoms with Gasteiger partial charge in [0, 0.05) is 30.9 Å². The monoisotopic (exact) mass is 449 g/mol. The van der Waals surface area contributed by atoms with Crippen LogP contribution in [0.5, 0.6) is 0 Å². The molecule has 0 spiro atoms. The highest BCUT2D eigenvalue weighted by Gasteiger charge is 2.14. The highest BCUT2D eigenvalue weighted by Crippen LogP contribution is 2.37. The number of anilines is 1. The van der Waals surface area contributed by atoms with Crippen LogP contribution in [0.4, 0.5) is 22.7 Å². The quantitative estimate of drug-likeness (QED) is 0.212. The van der Waals surface area contributed by atoms with Crippen LogP contribution in [0.25, 0.3) is 0 Å². The molecular weight excluding hydrogens is 433 g/mol. The number of hydrogen-bond acceptors (Lipinski definition) is 8. The van der Waals surface area contributed by atoms with Gasteiger partial charge >= 0.3 is 5.97 Å². The lowest BCUT2D eigenvalue weighted by atomic mass is 10.2.